The van der Waals surface area contributed by atoms with Gasteiger partial charge in [0.05, 0.1) is 14.2 Å². The normalized spacial score (nSPS) is 11.8. The van der Waals surface area contributed by atoms with Crippen LogP contribution in [-0.4, -0.2) is 19.4 Å². The Morgan fingerprint density at radius 3 is 2.38 bits per heavy atom. The Hall–Kier alpha value is -2.95. The van der Waals surface area contributed by atoms with Gasteiger partial charge in [-0.2, -0.15) is 0 Å². The summed E-state index contributed by atoms with van der Waals surface area (Å²) in [5.41, 5.74) is 3.57. The average molecular weight is 325 g/mol. The second-order valence-corrected chi connectivity index (χ2v) is 5.62. The van der Waals surface area contributed by atoms with Gasteiger partial charge in [0.1, 0.15) is 16.7 Å². The third kappa shape index (κ3) is 2.69. The van der Waals surface area contributed by atoms with Gasteiger partial charge in [-0.05, 0) is 49.2 Å². The Bertz CT molecular complexity index is 973. The van der Waals surface area contributed by atoms with Crippen molar-refractivity contribution < 1.29 is 19.1 Å². The first kappa shape index (κ1) is 15.9. The van der Waals surface area contributed by atoms with Crippen LogP contribution in [-0.2, 0) is 0 Å². The fourth-order valence-corrected chi connectivity index (χ4v) is 2.84. The Balaban J connectivity index is 2.28. The van der Waals surface area contributed by atoms with E-state index in [0.717, 1.165) is 22.1 Å². The Labute approximate surface area is 139 Å². The zero-order valence-corrected chi connectivity index (χ0v) is 14.1. The van der Waals surface area contributed by atoms with Gasteiger partial charge in [-0.25, -0.2) is 0 Å². The minimum Gasteiger partial charge on any atom is -0.493 e. The van der Waals surface area contributed by atoms with Crippen LogP contribution >= 0.6 is 0 Å². The summed E-state index contributed by atoms with van der Waals surface area (Å²) in [4.78, 5) is 0. The van der Waals surface area contributed by atoms with Gasteiger partial charge in [-0.1, -0.05) is 11.2 Å². The molecule has 0 saturated carbocycles. The third-order valence-corrected chi connectivity index (χ3v) is 3.95. The van der Waals surface area contributed by atoms with Crippen LogP contribution in [0.2, 0.25) is 0 Å². The molecule has 5 nitrogen and oxygen atoms in total. The van der Waals surface area contributed by atoms with E-state index >= 15 is 0 Å². The van der Waals surface area contributed by atoms with E-state index in [1.165, 1.54) is 0 Å². The number of ether oxygens (including phenoxy) is 2. The highest BCUT2D eigenvalue weighted by atomic mass is 16.5. The van der Waals surface area contributed by atoms with E-state index in [-0.39, 0.29) is 0 Å². The smallest absolute Gasteiger partial charge is 0.161 e. The van der Waals surface area contributed by atoms with Gasteiger partial charge in [0.15, 0.2) is 11.5 Å². The first-order valence-corrected chi connectivity index (χ1v) is 7.53. The van der Waals surface area contributed by atoms with Crippen molar-refractivity contribution in [3.05, 3.63) is 52.9 Å². The lowest BCUT2D eigenvalue weighted by Crippen LogP contribution is -2.04. The molecule has 5 heteroatoms. The molecule has 0 fully saturated rings. The highest BCUT2D eigenvalue weighted by molar-refractivity contribution is 5.82. The highest BCUT2D eigenvalue weighted by Gasteiger charge is 2.12. The van der Waals surface area contributed by atoms with Gasteiger partial charge in [0.25, 0.3) is 0 Å². The van der Waals surface area contributed by atoms with E-state index in [1.54, 1.807) is 20.3 Å². The molecule has 0 unspecified atom stereocenters. The average Bonchev–Trinajstić information content (AvgIpc) is 2.60. The quantitative estimate of drug-likeness (QED) is 0.583. The number of benzene rings is 2. The molecule has 124 valence electrons. The molecule has 0 bridgehead atoms. The van der Waals surface area contributed by atoms with E-state index < -0.39 is 0 Å². The van der Waals surface area contributed by atoms with Crippen molar-refractivity contribution in [2.75, 3.05) is 14.2 Å². The predicted molar refractivity (Wildman–Crippen MR) is 91.6 cm³/mol. The molecule has 0 aliphatic rings. The zero-order chi connectivity index (χ0) is 17.3. The second-order valence-electron chi connectivity index (χ2n) is 5.62. The Morgan fingerprint density at radius 1 is 0.958 bits per heavy atom. The van der Waals surface area contributed by atoms with Crippen LogP contribution in [0.25, 0.3) is 22.3 Å². The first-order chi connectivity index (χ1) is 11.6. The topological polar surface area (TPSA) is 64.2 Å². The Kier molecular flexibility index (Phi) is 4.16. The van der Waals surface area contributed by atoms with Crippen LogP contribution in [0.1, 0.15) is 11.1 Å². The first-order valence-electron chi connectivity index (χ1n) is 7.53. The number of rotatable bonds is 3. The largest absolute Gasteiger partial charge is 0.493 e. The van der Waals surface area contributed by atoms with Crippen LogP contribution in [0.15, 0.2) is 46.0 Å². The van der Waals surface area contributed by atoms with Crippen molar-refractivity contribution in [2.24, 2.45) is 5.16 Å². The van der Waals surface area contributed by atoms with Gasteiger partial charge in [-0.15, -0.1) is 0 Å². The van der Waals surface area contributed by atoms with E-state index in [1.807, 2.05) is 44.2 Å². The van der Waals surface area contributed by atoms with Gasteiger partial charge in [-0.3, -0.25) is 0 Å². The van der Waals surface area contributed by atoms with Crippen molar-refractivity contribution in [1.29, 1.82) is 0 Å². The van der Waals surface area contributed by atoms with E-state index in [2.05, 4.69) is 5.16 Å². The van der Waals surface area contributed by atoms with Crippen LogP contribution in [0, 0.1) is 13.8 Å². The molecule has 0 amide bonds. The summed E-state index contributed by atoms with van der Waals surface area (Å²) in [6.07, 6.45) is 0. The minimum atomic E-state index is 0.466. The lowest BCUT2D eigenvalue weighted by molar-refractivity contribution is 0.302. The number of methoxy groups -OCH3 is 2. The van der Waals surface area contributed by atoms with Gasteiger partial charge < -0.3 is 19.1 Å². The molecule has 3 rings (SSSR count). The molecular weight excluding hydrogens is 306 g/mol. The molecule has 2 aromatic carbocycles. The molecule has 3 aromatic rings. The molecule has 0 aliphatic carbocycles. The summed E-state index contributed by atoms with van der Waals surface area (Å²) in [6, 6.07) is 11.2. The molecule has 0 aliphatic heterocycles. The van der Waals surface area contributed by atoms with Crippen LogP contribution in [0.5, 0.6) is 11.5 Å². The zero-order valence-electron chi connectivity index (χ0n) is 14.1. The van der Waals surface area contributed by atoms with Crippen molar-refractivity contribution in [2.45, 2.75) is 13.8 Å². The molecule has 24 heavy (non-hydrogen) atoms. The highest BCUT2D eigenvalue weighted by Crippen LogP contribution is 2.33. The standard InChI is InChI=1S/C19H19NO4/c1-11-7-12(2)19-14(8-11)15(20-21)10-17(24-19)13-5-6-16(22-3)18(9-13)23-4/h5-10,21H,1-4H3. The van der Waals surface area contributed by atoms with Gasteiger partial charge >= 0.3 is 0 Å². The van der Waals surface area contributed by atoms with E-state index in [9.17, 15) is 5.21 Å². The fraction of sp³-hybridized carbons (Fsp3) is 0.211. The fourth-order valence-electron chi connectivity index (χ4n) is 2.84. The summed E-state index contributed by atoms with van der Waals surface area (Å²) in [5.74, 6) is 1.83. The van der Waals surface area contributed by atoms with Crippen LogP contribution in [0.3, 0.4) is 0 Å². The number of aryl methyl sites for hydroxylation is 2. The maximum atomic E-state index is 9.41. The van der Waals surface area contributed by atoms with Crippen molar-refractivity contribution in [3.63, 3.8) is 0 Å². The third-order valence-electron chi connectivity index (χ3n) is 3.95. The van der Waals surface area contributed by atoms with Crippen molar-refractivity contribution >= 4 is 11.0 Å². The molecule has 0 radical (unpaired) electrons. The monoisotopic (exact) mass is 325 g/mol. The molecule has 1 aromatic heterocycles. The number of fused-ring (bicyclic) bond motifs is 1. The van der Waals surface area contributed by atoms with E-state index in [4.69, 9.17) is 13.9 Å². The number of hydrogen-bond donors (Lipinski definition) is 1. The molecule has 0 spiro atoms. The van der Waals surface area contributed by atoms with E-state index in [0.29, 0.717) is 28.2 Å². The lowest BCUT2D eigenvalue weighted by Gasteiger charge is -2.11. The van der Waals surface area contributed by atoms with Gasteiger partial charge in [0, 0.05) is 17.0 Å². The summed E-state index contributed by atoms with van der Waals surface area (Å²) >= 11 is 0. The second kappa shape index (κ2) is 6.28. The summed E-state index contributed by atoms with van der Waals surface area (Å²) in [6.45, 7) is 3.97. The lowest BCUT2D eigenvalue weighted by atomic mass is 10.1. The summed E-state index contributed by atoms with van der Waals surface area (Å²) in [5, 5.41) is 14.1. The maximum absolute atomic E-state index is 9.41. The summed E-state index contributed by atoms with van der Waals surface area (Å²) < 4.78 is 16.7. The molecule has 0 atom stereocenters. The molecular formula is C19H19NO4. The number of hydrogen-bond acceptors (Lipinski definition) is 5. The molecule has 0 saturated heterocycles. The maximum Gasteiger partial charge on any atom is 0.161 e. The van der Waals surface area contributed by atoms with Crippen LogP contribution < -0.4 is 14.8 Å². The van der Waals surface area contributed by atoms with Crippen LogP contribution in [0.4, 0.5) is 0 Å². The minimum absolute atomic E-state index is 0.466. The predicted octanol–water partition coefficient (Wildman–Crippen LogP) is 4.02. The number of nitrogens with zero attached hydrogens (tertiary/aromatic N) is 1. The SMILES string of the molecule is COc1ccc(-c2cc(=NO)c3cc(C)cc(C)c3o2)cc1OC. The van der Waals surface area contributed by atoms with Crippen molar-refractivity contribution in [1.82, 2.24) is 0 Å². The Morgan fingerprint density at radius 2 is 1.71 bits per heavy atom. The summed E-state index contributed by atoms with van der Waals surface area (Å²) in [7, 11) is 3.17. The molecule has 1 heterocycles. The van der Waals surface area contributed by atoms with Gasteiger partial charge in [0.2, 0.25) is 0 Å². The molecule has 1 N–H and O–H groups in total. The van der Waals surface area contributed by atoms with Crippen molar-refractivity contribution in [3.8, 4) is 22.8 Å².